The summed E-state index contributed by atoms with van der Waals surface area (Å²) >= 11 is 0. The summed E-state index contributed by atoms with van der Waals surface area (Å²) in [5.74, 6) is 0.247. The van der Waals surface area contributed by atoms with E-state index in [0.717, 1.165) is 12.0 Å². The van der Waals surface area contributed by atoms with Crippen molar-refractivity contribution in [3.8, 4) is 0 Å². The minimum absolute atomic E-state index is 0.225. The van der Waals surface area contributed by atoms with Gasteiger partial charge in [0.25, 0.3) is 0 Å². The van der Waals surface area contributed by atoms with Gasteiger partial charge in [0.05, 0.1) is 11.0 Å². The zero-order chi connectivity index (χ0) is 7.78. The predicted octanol–water partition coefficient (Wildman–Crippen LogP) is 1.14. The molecular formula is C7H12O2S. The lowest BCUT2D eigenvalue weighted by Gasteiger charge is -2.04. The van der Waals surface area contributed by atoms with Crippen LogP contribution in [0, 0.1) is 0 Å². The van der Waals surface area contributed by atoms with Crippen molar-refractivity contribution in [1.29, 1.82) is 0 Å². The van der Waals surface area contributed by atoms with Crippen molar-refractivity contribution < 1.29 is 8.42 Å². The molecule has 1 heterocycles. The molecule has 1 aliphatic heterocycles. The molecule has 0 aromatic rings. The van der Waals surface area contributed by atoms with Crippen molar-refractivity contribution in [2.24, 2.45) is 0 Å². The summed E-state index contributed by atoms with van der Waals surface area (Å²) in [5, 5.41) is -0.225. The fourth-order valence-electron chi connectivity index (χ4n) is 1.20. The first-order chi connectivity index (χ1) is 4.58. The second-order valence-corrected chi connectivity index (χ2v) is 4.97. The Morgan fingerprint density at radius 3 is 2.50 bits per heavy atom. The van der Waals surface area contributed by atoms with Crippen molar-refractivity contribution >= 4 is 9.84 Å². The summed E-state index contributed by atoms with van der Waals surface area (Å²) in [5.41, 5.74) is 1.07. The lowest BCUT2D eigenvalue weighted by molar-refractivity contribution is 0.595. The Hall–Kier alpha value is -0.310. The smallest absolute Gasteiger partial charge is 0.160 e. The molecule has 0 bridgehead atoms. The van der Waals surface area contributed by atoms with Crippen LogP contribution >= 0.6 is 0 Å². The van der Waals surface area contributed by atoms with Crippen LogP contribution in [0.15, 0.2) is 11.6 Å². The van der Waals surface area contributed by atoms with Gasteiger partial charge in [0.15, 0.2) is 9.84 Å². The Labute approximate surface area is 61.9 Å². The average molecular weight is 160 g/mol. The van der Waals surface area contributed by atoms with Crippen molar-refractivity contribution in [2.75, 3.05) is 5.75 Å². The maximum absolute atomic E-state index is 11.1. The summed E-state index contributed by atoms with van der Waals surface area (Å²) < 4.78 is 22.2. The molecule has 0 aromatic carbocycles. The summed E-state index contributed by atoms with van der Waals surface area (Å²) in [6.45, 7) is 3.75. The van der Waals surface area contributed by atoms with E-state index >= 15 is 0 Å². The van der Waals surface area contributed by atoms with E-state index in [2.05, 4.69) is 0 Å². The van der Waals surface area contributed by atoms with Gasteiger partial charge in [-0.05, 0) is 13.3 Å². The second kappa shape index (κ2) is 2.38. The van der Waals surface area contributed by atoms with Gasteiger partial charge in [0, 0.05) is 0 Å². The van der Waals surface area contributed by atoms with Crippen LogP contribution in [0.1, 0.15) is 20.3 Å². The maximum atomic E-state index is 11.1. The summed E-state index contributed by atoms with van der Waals surface area (Å²) in [4.78, 5) is 0. The topological polar surface area (TPSA) is 34.1 Å². The zero-order valence-electron chi connectivity index (χ0n) is 6.29. The van der Waals surface area contributed by atoms with Gasteiger partial charge < -0.3 is 0 Å². The van der Waals surface area contributed by atoms with Crippen LogP contribution < -0.4 is 0 Å². The highest BCUT2D eigenvalue weighted by Gasteiger charge is 2.27. The van der Waals surface area contributed by atoms with E-state index < -0.39 is 9.84 Å². The number of hydrogen-bond donors (Lipinski definition) is 0. The molecular weight excluding hydrogens is 148 g/mol. The van der Waals surface area contributed by atoms with Gasteiger partial charge in [0.1, 0.15) is 0 Å². The van der Waals surface area contributed by atoms with Gasteiger partial charge in [-0.3, -0.25) is 0 Å². The van der Waals surface area contributed by atoms with Gasteiger partial charge in [-0.15, -0.1) is 0 Å². The van der Waals surface area contributed by atoms with Crippen LogP contribution in [0.2, 0.25) is 0 Å². The lowest BCUT2D eigenvalue weighted by atomic mass is 10.1. The Morgan fingerprint density at radius 2 is 2.30 bits per heavy atom. The molecule has 1 aliphatic rings. The molecule has 1 atom stereocenters. The molecule has 0 fully saturated rings. The quantitative estimate of drug-likeness (QED) is 0.539. The predicted molar refractivity (Wildman–Crippen MR) is 41.6 cm³/mol. The Balaban J connectivity index is 2.90. The minimum Gasteiger partial charge on any atom is -0.228 e. The molecule has 0 spiro atoms. The van der Waals surface area contributed by atoms with Crippen LogP contribution in [-0.2, 0) is 9.84 Å². The third-order valence-electron chi connectivity index (χ3n) is 2.05. The summed E-state index contributed by atoms with van der Waals surface area (Å²) in [7, 11) is -2.78. The first-order valence-electron chi connectivity index (χ1n) is 3.48. The van der Waals surface area contributed by atoms with E-state index in [4.69, 9.17) is 0 Å². The van der Waals surface area contributed by atoms with Crippen molar-refractivity contribution in [2.45, 2.75) is 25.5 Å². The molecule has 0 aromatic heterocycles. The largest absolute Gasteiger partial charge is 0.228 e. The zero-order valence-corrected chi connectivity index (χ0v) is 7.11. The SMILES string of the molecule is CCC1=CCS(=O)(=O)C1C. The van der Waals surface area contributed by atoms with Crippen molar-refractivity contribution in [3.05, 3.63) is 11.6 Å². The summed E-state index contributed by atoms with van der Waals surface area (Å²) in [6, 6.07) is 0. The maximum Gasteiger partial charge on any atom is 0.160 e. The van der Waals surface area contributed by atoms with Gasteiger partial charge >= 0.3 is 0 Å². The minimum atomic E-state index is -2.78. The molecule has 0 amide bonds. The highest BCUT2D eigenvalue weighted by Crippen LogP contribution is 2.22. The Morgan fingerprint density at radius 1 is 1.70 bits per heavy atom. The number of rotatable bonds is 1. The van der Waals surface area contributed by atoms with E-state index in [0.29, 0.717) is 0 Å². The van der Waals surface area contributed by atoms with Crippen LogP contribution in [0.25, 0.3) is 0 Å². The molecule has 0 radical (unpaired) electrons. The fourth-order valence-corrected chi connectivity index (χ4v) is 2.66. The number of sulfone groups is 1. The van der Waals surface area contributed by atoms with Gasteiger partial charge in [-0.25, -0.2) is 8.42 Å². The fraction of sp³-hybridized carbons (Fsp3) is 0.714. The third kappa shape index (κ3) is 1.10. The molecule has 0 saturated carbocycles. The lowest BCUT2D eigenvalue weighted by Crippen LogP contribution is -2.14. The Kier molecular flexibility index (Phi) is 1.86. The second-order valence-electron chi connectivity index (χ2n) is 2.60. The molecule has 2 nitrogen and oxygen atoms in total. The van der Waals surface area contributed by atoms with E-state index in [1.807, 2.05) is 13.0 Å². The standard InChI is InChI=1S/C7H12O2S/c1-3-7-4-5-10(8,9)6(7)2/h4,6H,3,5H2,1-2H3. The highest BCUT2D eigenvalue weighted by atomic mass is 32.2. The van der Waals surface area contributed by atoms with Crippen LogP contribution in [-0.4, -0.2) is 19.4 Å². The molecule has 3 heteroatoms. The third-order valence-corrected chi connectivity index (χ3v) is 4.06. The van der Waals surface area contributed by atoms with E-state index in [-0.39, 0.29) is 11.0 Å². The molecule has 0 saturated heterocycles. The molecule has 10 heavy (non-hydrogen) atoms. The average Bonchev–Trinajstić information content (AvgIpc) is 2.10. The monoisotopic (exact) mass is 160 g/mol. The summed E-state index contributed by atoms with van der Waals surface area (Å²) in [6.07, 6.45) is 2.69. The van der Waals surface area contributed by atoms with Crippen LogP contribution in [0.5, 0.6) is 0 Å². The number of hydrogen-bond acceptors (Lipinski definition) is 2. The normalized spacial score (nSPS) is 30.2. The van der Waals surface area contributed by atoms with E-state index in [1.54, 1.807) is 6.92 Å². The van der Waals surface area contributed by atoms with E-state index in [9.17, 15) is 8.42 Å². The highest BCUT2D eigenvalue weighted by molar-refractivity contribution is 7.92. The van der Waals surface area contributed by atoms with Gasteiger partial charge in [0.2, 0.25) is 0 Å². The van der Waals surface area contributed by atoms with Gasteiger partial charge in [-0.2, -0.15) is 0 Å². The molecule has 58 valence electrons. The molecule has 0 N–H and O–H groups in total. The van der Waals surface area contributed by atoms with Crippen molar-refractivity contribution in [3.63, 3.8) is 0 Å². The first-order valence-corrected chi connectivity index (χ1v) is 5.20. The molecule has 1 unspecified atom stereocenters. The van der Waals surface area contributed by atoms with E-state index in [1.165, 1.54) is 0 Å². The van der Waals surface area contributed by atoms with Crippen molar-refractivity contribution in [1.82, 2.24) is 0 Å². The molecule has 0 aliphatic carbocycles. The van der Waals surface area contributed by atoms with Crippen LogP contribution in [0.3, 0.4) is 0 Å². The van der Waals surface area contributed by atoms with Crippen LogP contribution in [0.4, 0.5) is 0 Å². The Bertz CT molecular complexity index is 249. The first kappa shape index (κ1) is 7.79. The molecule has 1 rings (SSSR count). The van der Waals surface area contributed by atoms with Gasteiger partial charge in [-0.1, -0.05) is 18.6 Å².